The third-order valence-corrected chi connectivity index (χ3v) is 1.50. The normalized spacial score (nSPS) is 9.93. The molecule has 0 aromatic heterocycles. The van der Waals surface area contributed by atoms with Gasteiger partial charge in [0.2, 0.25) is 0 Å². The van der Waals surface area contributed by atoms with E-state index in [1.807, 2.05) is 0 Å². The van der Waals surface area contributed by atoms with Crippen molar-refractivity contribution in [2.24, 2.45) is 16.5 Å². The molecule has 0 unspecified atom stereocenters. The minimum Gasteiger partial charge on any atom is -0.370 e. The third-order valence-electron chi connectivity index (χ3n) is 1.50. The van der Waals surface area contributed by atoms with E-state index < -0.39 is 17.5 Å². The molecule has 14 heavy (non-hydrogen) atoms. The molecule has 0 radical (unpaired) electrons. The number of rotatable bonds is 2. The topological polar surface area (TPSA) is 64.4 Å². The lowest BCUT2D eigenvalue weighted by Crippen LogP contribution is -2.22. The highest BCUT2D eigenvalue weighted by Crippen LogP contribution is 2.14. The molecular weight excluding hydrogens is 195 g/mol. The highest BCUT2D eigenvalue weighted by atomic mass is 19.2. The molecular formula is C8H8F3N3. The van der Waals surface area contributed by atoms with Crippen molar-refractivity contribution in [2.75, 3.05) is 0 Å². The van der Waals surface area contributed by atoms with E-state index in [1.54, 1.807) is 0 Å². The second-order valence-corrected chi connectivity index (χ2v) is 2.60. The molecule has 1 aromatic rings. The number of nitrogens with two attached hydrogens (primary N) is 2. The van der Waals surface area contributed by atoms with Gasteiger partial charge in [-0.1, -0.05) is 0 Å². The maximum Gasteiger partial charge on any atom is 0.186 e. The Labute approximate surface area is 78.2 Å². The summed E-state index contributed by atoms with van der Waals surface area (Å²) in [5, 5.41) is 0. The van der Waals surface area contributed by atoms with Gasteiger partial charge in [0.1, 0.15) is 5.82 Å². The lowest BCUT2D eigenvalue weighted by molar-refractivity contribution is 0.485. The smallest absolute Gasteiger partial charge is 0.186 e. The molecule has 4 N–H and O–H groups in total. The van der Waals surface area contributed by atoms with Crippen LogP contribution in [-0.2, 0) is 6.54 Å². The Morgan fingerprint density at radius 1 is 1.21 bits per heavy atom. The van der Waals surface area contributed by atoms with Crippen molar-refractivity contribution in [1.29, 1.82) is 0 Å². The first-order valence-electron chi connectivity index (χ1n) is 3.69. The molecule has 0 amide bonds. The second-order valence-electron chi connectivity index (χ2n) is 2.60. The molecule has 0 saturated heterocycles. The molecule has 1 aromatic carbocycles. The van der Waals surface area contributed by atoms with Crippen LogP contribution in [0.15, 0.2) is 17.1 Å². The Bertz CT molecular complexity index is 372. The summed E-state index contributed by atoms with van der Waals surface area (Å²) in [5.41, 5.74) is 9.74. The molecule has 0 saturated carbocycles. The SMILES string of the molecule is NC(N)=NCc1cc(F)cc(F)c1F. The fourth-order valence-corrected chi connectivity index (χ4v) is 0.901. The first-order chi connectivity index (χ1) is 6.50. The highest BCUT2D eigenvalue weighted by molar-refractivity contribution is 5.75. The van der Waals surface area contributed by atoms with E-state index in [-0.39, 0.29) is 18.1 Å². The van der Waals surface area contributed by atoms with Crippen molar-refractivity contribution in [2.45, 2.75) is 6.54 Å². The van der Waals surface area contributed by atoms with Gasteiger partial charge in [-0.05, 0) is 6.07 Å². The Morgan fingerprint density at radius 3 is 2.43 bits per heavy atom. The van der Waals surface area contributed by atoms with Gasteiger partial charge >= 0.3 is 0 Å². The van der Waals surface area contributed by atoms with Crippen LogP contribution < -0.4 is 11.5 Å². The predicted octanol–water partition coefficient (Wildman–Crippen LogP) is 0.877. The van der Waals surface area contributed by atoms with Crippen LogP contribution in [0.5, 0.6) is 0 Å². The summed E-state index contributed by atoms with van der Waals surface area (Å²) in [5.74, 6) is -3.54. The van der Waals surface area contributed by atoms with Gasteiger partial charge in [0.25, 0.3) is 0 Å². The average molecular weight is 203 g/mol. The lowest BCUT2D eigenvalue weighted by Gasteiger charge is -2.01. The molecule has 0 bridgehead atoms. The van der Waals surface area contributed by atoms with Crippen molar-refractivity contribution < 1.29 is 13.2 Å². The summed E-state index contributed by atoms with van der Waals surface area (Å²) in [6, 6.07) is 1.29. The van der Waals surface area contributed by atoms with Gasteiger partial charge in [-0.25, -0.2) is 18.2 Å². The second kappa shape index (κ2) is 3.99. The molecule has 0 fully saturated rings. The Morgan fingerprint density at radius 2 is 1.86 bits per heavy atom. The molecule has 6 heteroatoms. The van der Waals surface area contributed by atoms with Gasteiger partial charge < -0.3 is 11.5 Å². The van der Waals surface area contributed by atoms with E-state index in [2.05, 4.69) is 4.99 Å². The molecule has 0 aliphatic heterocycles. The largest absolute Gasteiger partial charge is 0.370 e. The summed E-state index contributed by atoms with van der Waals surface area (Å²) in [6.07, 6.45) is 0. The van der Waals surface area contributed by atoms with Crippen LogP contribution in [0.1, 0.15) is 5.56 Å². The number of halogens is 3. The highest BCUT2D eigenvalue weighted by Gasteiger charge is 2.10. The number of hydrogen-bond acceptors (Lipinski definition) is 1. The number of guanidine groups is 1. The zero-order valence-electron chi connectivity index (χ0n) is 7.10. The van der Waals surface area contributed by atoms with Crippen molar-refractivity contribution in [3.8, 4) is 0 Å². The van der Waals surface area contributed by atoms with E-state index >= 15 is 0 Å². The molecule has 76 valence electrons. The Hall–Kier alpha value is -1.72. The molecule has 0 aliphatic rings. The molecule has 0 aliphatic carbocycles. The summed E-state index contributed by atoms with van der Waals surface area (Å²) < 4.78 is 38.2. The Balaban J connectivity index is 3.02. The lowest BCUT2D eigenvalue weighted by atomic mass is 10.2. The van der Waals surface area contributed by atoms with Crippen LogP contribution in [0.3, 0.4) is 0 Å². The predicted molar refractivity (Wildman–Crippen MR) is 45.8 cm³/mol. The van der Waals surface area contributed by atoms with Crippen LogP contribution in [-0.4, -0.2) is 5.96 Å². The van der Waals surface area contributed by atoms with Crippen molar-refractivity contribution in [3.63, 3.8) is 0 Å². The summed E-state index contributed by atoms with van der Waals surface area (Å²) in [4.78, 5) is 3.44. The number of aliphatic imine (C=N–C) groups is 1. The van der Waals surface area contributed by atoms with Gasteiger partial charge in [-0.15, -0.1) is 0 Å². The fourth-order valence-electron chi connectivity index (χ4n) is 0.901. The van der Waals surface area contributed by atoms with Crippen LogP contribution >= 0.6 is 0 Å². The first-order valence-corrected chi connectivity index (χ1v) is 3.69. The zero-order valence-corrected chi connectivity index (χ0v) is 7.10. The third kappa shape index (κ3) is 2.38. The van der Waals surface area contributed by atoms with Crippen molar-refractivity contribution >= 4 is 5.96 Å². The summed E-state index contributed by atoms with van der Waals surface area (Å²) >= 11 is 0. The van der Waals surface area contributed by atoms with Gasteiger partial charge in [-0.2, -0.15) is 0 Å². The van der Waals surface area contributed by atoms with E-state index in [9.17, 15) is 13.2 Å². The first kappa shape index (κ1) is 10.4. The van der Waals surface area contributed by atoms with Gasteiger partial charge in [-0.3, -0.25) is 0 Å². The minimum absolute atomic E-state index is 0.226. The monoisotopic (exact) mass is 203 g/mol. The van der Waals surface area contributed by atoms with Crippen LogP contribution in [0.2, 0.25) is 0 Å². The van der Waals surface area contributed by atoms with E-state index in [0.29, 0.717) is 6.07 Å². The van der Waals surface area contributed by atoms with Crippen LogP contribution in [0.25, 0.3) is 0 Å². The van der Waals surface area contributed by atoms with Gasteiger partial charge in [0.05, 0.1) is 6.54 Å². The number of nitrogens with zero attached hydrogens (tertiary/aromatic N) is 1. The summed E-state index contributed by atoms with van der Waals surface area (Å²) in [6.45, 7) is -0.289. The summed E-state index contributed by atoms with van der Waals surface area (Å²) in [7, 11) is 0. The molecule has 0 spiro atoms. The van der Waals surface area contributed by atoms with Crippen LogP contribution in [0, 0.1) is 17.5 Å². The zero-order chi connectivity index (χ0) is 10.7. The van der Waals surface area contributed by atoms with Crippen LogP contribution in [0.4, 0.5) is 13.2 Å². The van der Waals surface area contributed by atoms with E-state index in [1.165, 1.54) is 0 Å². The number of benzene rings is 1. The maximum absolute atomic E-state index is 12.9. The molecule has 1 rings (SSSR count). The maximum atomic E-state index is 12.9. The average Bonchev–Trinajstić information content (AvgIpc) is 2.08. The van der Waals surface area contributed by atoms with Gasteiger partial charge in [0.15, 0.2) is 17.6 Å². The number of hydrogen-bond donors (Lipinski definition) is 2. The quantitative estimate of drug-likeness (QED) is 0.425. The minimum atomic E-state index is -1.26. The van der Waals surface area contributed by atoms with Crippen molar-refractivity contribution in [3.05, 3.63) is 35.1 Å². The Kier molecular flexibility index (Phi) is 2.95. The van der Waals surface area contributed by atoms with E-state index in [0.717, 1.165) is 6.07 Å². The molecule has 0 heterocycles. The standard InChI is InChI=1S/C8H8F3N3/c9-5-1-4(3-14-8(12)13)7(11)6(10)2-5/h1-2H,3H2,(H4,12,13,14). The van der Waals surface area contributed by atoms with Crippen molar-refractivity contribution in [1.82, 2.24) is 0 Å². The van der Waals surface area contributed by atoms with Gasteiger partial charge in [0, 0.05) is 11.6 Å². The van der Waals surface area contributed by atoms with E-state index in [4.69, 9.17) is 11.5 Å². The molecule has 3 nitrogen and oxygen atoms in total. The fraction of sp³-hybridized carbons (Fsp3) is 0.125. The molecule has 0 atom stereocenters.